The molecule has 0 spiro atoms. The van der Waals surface area contributed by atoms with E-state index < -0.39 is 5.82 Å². The van der Waals surface area contributed by atoms with Crippen LogP contribution in [0, 0.1) is 5.82 Å². The molecular formula is C15H17ClFNO2. The molecule has 3 rings (SSSR count). The molecule has 2 atom stereocenters. The standard InChI is InChI=1S/C15H17ClFNO2/c16-10-5-6-11(12(17)9-10)15(19)18-7-1-3-13(18)14-4-2-8-20-14/h5-6,9,13-14H,1-4,7-8H2. The van der Waals surface area contributed by atoms with Gasteiger partial charge >= 0.3 is 0 Å². The van der Waals surface area contributed by atoms with Crippen LogP contribution in [0.2, 0.25) is 5.02 Å². The SMILES string of the molecule is O=C(c1ccc(Cl)cc1F)N1CCCC1C1CCCO1. The van der Waals surface area contributed by atoms with E-state index in [0.717, 1.165) is 32.3 Å². The van der Waals surface area contributed by atoms with Gasteiger partial charge in [0.2, 0.25) is 0 Å². The molecule has 3 nitrogen and oxygen atoms in total. The molecule has 0 saturated carbocycles. The lowest BCUT2D eigenvalue weighted by molar-refractivity contribution is 0.0338. The summed E-state index contributed by atoms with van der Waals surface area (Å²) < 4.78 is 19.6. The van der Waals surface area contributed by atoms with E-state index in [2.05, 4.69) is 0 Å². The van der Waals surface area contributed by atoms with Crippen molar-refractivity contribution in [3.8, 4) is 0 Å². The van der Waals surface area contributed by atoms with Gasteiger partial charge in [-0.25, -0.2) is 4.39 Å². The first-order valence-electron chi connectivity index (χ1n) is 7.04. The van der Waals surface area contributed by atoms with Crippen molar-refractivity contribution in [1.29, 1.82) is 0 Å². The number of carbonyl (C=O) groups excluding carboxylic acids is 1. The average molecular weight is 298 g/mol. The van der Waals surface area contributed by atoms with Crippen molar-refractivity contribution in [3.63, 3.8) is 0 Å². The van der Waals surface area contributed by atoms with Crippen LogP contribution in [0.25, 0.3) is 0 Å². The van der Waals surface area contributed by atoms with Crippen molar-refractivity contribution in [2.24, 2.45) is 0 Å². The van der Waals surface area contributed by atoms with Crippen LogP contribution in [0.1, 0.15) is 36.0 Å². The fourth-order valence-electron chi connectivity index (χ4n) is 3.15. The smallest absolute Gasteiger partial charge is 0.257 e. The maximum atomic E-state index is 13.9. The molecule has 1 aromatic rings. The molecule has 1 amide bonds. The number of ether oxygens (including phenoxy) is 1. The van der Waals surface area contributed by atoms with Crippen LogP contribution >= 0.6 is 11.6 Å². The average Bonchev–Trinajstić information content (AvgIpc) is 3.09. The third kappa shape index (κ3) is 2.54. The molecule has 1 aromatic carbocycles. The highest BCUT2D eigenvalue weighted by atomic mass is 35.5. The van der Waals surface area contributed by atoms with Crippen molar-refractivity contribution in [2.45, 2.75) is 37.8 Å². The third-order valence-corrected chi connectivity index (χ3v) is 4.35. The largest absolute Gasteiger partial charge is 0.376 e. The summed E-state index contributed by atoms with van der Waals surface area (Å²) in [6.45, 7) is 1.43. The van der Waals surface area contributed by atoms with Crippen molar-refractivity contribution in [3.05, 3.63) is 34.6 Å². The zero-order valence-corrected chi connectivity index (χ0v) is 11.9. The van der Waals surface area contributed by atoms with E-state index in [1.807, 2.05) is 0 Å². The summed E-state index contributed by atoms with van der Waals surface area (Å²) in [6, 6.07) is 4.28. The fraction of sp³-hybridized carbons (Fsp3) is 0.533. The number of hydrogen-bond acceptors (Lipinski definition) is 2. The van der Waals surface area contributed by atoms with Gasteiger partial charge in [-0.15, -0.1) is 0 Å². The van der Waals surface area contributed by atoms with Crippen LogP contribution in [0.4, 0.5) is 4.39 Å². The lowest BCUT2D eigenvalue weighted by Gasteiger charge is -2.29. The molecule has 5 heteroatoms. The lowest BCUT2D eigenvalue weighted by atomic mass is 10.0. The van der Waals surface area contributed by atoms with Gasteiger partial charge in [-0.1, -0.05) is 11.6 Å². The summed E-state index contributed by atoms with van der Waals surface area (Å²) in [6.07, 6.45) is 4.02. The summed E-state index contributed by atoms with van der Waals surface area (Å²) >= 11 is 5.73. The molecule has 2 aliphatic heterocycles. The van der Waals surface area contributed by atoms with E-state index in [4.69, 9.17) is 16.3 Å². The second kappa shape index (κ2) is 5.70. The molecule has 2 unspecified atom stereocenters. The number of likely N-dealkylation sites (tertiary alicyclic amines) is 1. The highest BCUT2D eigenvalue weighted by Crippen LogP contribution is 2.29. The normalized spacial score (nSPS) is 26.2. The predicted molar refractivity (Wildman–Crippen MR) is 74.4 cm³/mol. The molecule has 20 heavy (non-hydrogen) atoms. The second-order valence-corrected chi connectivity index (χ2v) is 5.82. The summed E-state index contributed by atoms with van der Waals surface area (Å²) in [5, 5.41) is 0.302. The van der Waals surface area contributed by atoms with E-state index >= 15 is 0 Å². The Bertz CT molecular complexity index is 517. The summed E-state index contributed by atoms with van der Waals surface area (Å²) in [7, 11) is 0. The van der Waals surface area contributed by atoms with Gasteiger partial charge in [0.15, 0.2) is 0 Å². The van der Waals surface area contributed by atoms with Gasteiger partial charge in [0.25, 0.3) is 5.91 Å². The van der Waals surface area contributed by atoms with E-state index in [9.17, 15) is 9.18 Å². The van der Waals surface area contributed by atoms with Gasteiger partial charge in [-0.3, -0.25) is 4.79 Å². The number of hydrogen-bond donors (Lipinski definition) is 0. The minimum absolute atomic E-state index is 0.0834. The molecule has 0 N–H and O–H groups in total. The number of carbonyl (C=O) groups is 1. The zero-order valence-electron chi connectivity index (χ0n) is 11.1. The van der Waals surface area contributed by atoms with Gasteiger partial charge in [0.1, 0.15) is 5.82 Å². The van der Waals surface area contributed by atoms with Gasteiger partial charge in [-0.05, 0) is 43.9 Å². The van der Waals surface area contributed by atoms with Crippen LogP contribution in [-0.4, -0.2) is 36.1 Å². The van der Waals surface area contributed by atoms with Crippen molar-refractivity contribution in [2.75, 3.05) is 13.2 Å². The van der Waals surface area contributed by atoms with Crippen molar-refractivity contribution >= 4 is 17.5 Å². The Hall–Kier alpha value is -1.13. The van der Waals surface area contributed by atoms with Crippen LogP contribution in [-0.2, 0) is 4.74 Å². The van der Waals surface area contributed by atoms with Gasteiger partial charge in [0.05, 0.1) is 17.7 Å². The highest BCUT2D eigenvalue weighted by Gasteiger charge is 2.37. The van der Waals surface area contributed by atoms with E-state index in [1.165, 1.54) is 12.1 Å². The maximum absolute atomic E-state index is 13.9. The van der Waals surface area contributed by atoms with E-state index in [-0.39, 0.29) is 23.6 Å². The molecule has 2 fully saturated rings. The van der Waals surface area contributed by atoms with Crippen LogP contribution in [0.3, 0.4) is 0 Å². The van der Waals surface area contributed by atoms with E-state index in [0.29, 0.717) is 11.6 Å². The predicted octanol–water partition coefficient (Wildman–Crippen LogP) is 3.26. The Balaban J connectivity index is 1.81. The van der Waals surface area contributed by atoms with Crippen LogP contribution in [0.15, 0.2) is 18.2 Å². The first kappa shape index (κ1) is 13.8. The molecule has 0 aliphatic carbocycles. The maximum Gasteiger partial charge on any atom is 0.257 e. The van der Waals surface area contributed by atoms with Crippen LogP contribution in [0.5, 0.6) is 0 Å². The number of amides is 1. The zero-order chi connectivity index (χ0) is 14.1. The topological polar surface area (TPSA) is 29.5 Å². The number of benzene rings is 1. The number of halogens is 2. The number of rotatable bonds is 2. The lowest BCUT2D eigenvalue weighted by Crippen LogP contribution is -2.42. The minimum atomic E-state index is -0.555. The van der Waals surface area contributed by atoms with Crippen molar-refractivity contribution in [1.82, 2.24) is 4.90 Å². The first-order chi connectivity index (χ1) is 9.66. The molecule has 2 saturated heterocycles. The molecule has 0 radical (unpaired) electrons. The first-order valence-corrected chi connectivity index (χ1v) is 7.42. The number of nitrogens with zero attached hydrogens (tertiary/aromatic N) is 1. The molecule has 2 aliphatic rings. The Labute approximate surface area is 122 Å². The molecule has 108 valence electrons. The quantitative estimate of drug-likeness (QED) is 0.838. The molecule has 2 heterocycles. The fourth-order valence-corrected chi connectivity index (χ4v) is 3.31. The van der Waals surface area contributed by atoms with Gasteiger partial charge < -0.3 is 9.64 Å². The highest BCUT2D eigenvalue weighted by molar-refractivity contribution is 6.30. The Morgan fingerprint density at radius 3 is 2.90 bits per heavy atom. The second-order valence-electron chi connectivity index (χ2n) is 5.38. The minimum Gasteiger partial charge on any atom is -0.376 e. The van der Waals surface area contributed by atoms with E-state index in [1.54, 1.807) is 11.0 Å². The molecule has 0 aromatic heterocycles. The Morgan fingerprint density at radius 1 is 1.35 bits per heavy atom. The van der Waals surface area contributed by atoms with Crippen molar-refractivity contribution < 1.29 is 13.9 Å². The van der Waals surface area contributed by atoms with Gasteiger partial charge in [0, 0.05) is 18.2 Å². The summed E-state index contributed by atoms with van der Waals surface area (Å²) in [4.78, 5) is 14.3. The van der Waals surface area contributed by atoms with Gasteiger partial charge in [-0.2, -0.15) is 0 Å². The third-order valence-electron chi connectivity index (χ3n) is 4.12. The van der Waals surface area contributed by atoms with Crippen LogP contribution < -0.4 is 0 Å². The Kier molecular flexibility index (Phi) is 3.94. The Morgan fingerprint density at radius 2 is 2.20 bits per heavy atom. The molecule has 0 bridgehead atoms. The molecular weight excluding hydrogens is 281 g/mol. The monoisotopic (exact) mass is 297 g/mol. The summed E-state index contributed by atoms with van der Waals surface area (Å²) in [5.41, 5.74) is 0.0966. The summed E-state index contributed by atoms with van der Waals surface area (Å²) in [5.74, 6) is -0.808.